The highest BCUT2D eigenvalue weighted by molar-refractivity contribution is 7.89. The van der Waals surface area contributed by atoms with Crippen LogP contribution in [0.5, 0.6) is 0 Å². The Labute approximate surface area is 95.2 Å². The van der Waals surface area contributed by atoms with Crippen LogP contribution in [-0.2, 0) is 23.8 Å². The lowest BCUT2D eigenvalue weighted by Gasteiger charge is -2.00. The van der Waals surface area contributed by atoms with Crippen LogP contribution in [0.15, 0.2) is 35.7 Å². The van der Waals surface area contributed by atoms with Gasteiger partial charge in [-0.05, 0) is 20.8 Å². The first-order chi connectivity index (χ1) is 7.43. The summed E-state index contributed by atoms with van der Waals surface area (Å²) < 4.78 is 31.4. The molecule has 0 heterocycles. The average molecular weight is 246 g/mol. The number of carbonyl (C=O) groups is 1. The smallest absolute Gasteiger partial charge is 0.339 e. The zero-order valence-electron chi connectivity index (χ0n) is 9.34. The third kappa shape index (κ3) is 6.02. The molecule has 0 saturated carbocycles. The summed E-state index contributed by atoms with van der Waals surface area (Å²) in [4.78, 5) is 11.2. The number of ether oxygens (including phenoxy) is 1. The maximum atomic E-state index is 11.2. The average Bonchev–Trinajstić information content (AvgIpc) is 2.22. The Morgan fingerprint density at radius 2 is 1.69 bits per heavy atom. The zero-order chi connectivity index (χ0) is 12.6. The number of hydrogen-bond donors (Lipinski definition) is 0. The molecule has 0 rings (SSSR count). The summed E-state index contributed by atoms with van der Waals surface area (Å²) in [6.45, 7) is 4.59. The van der Waals surface area contributed by atoms with Crippen LogP contribution in [0.2, 0.25) is 0 Å². The first-order valence-electron chi connectivity index (χ1n) is 4.48. The summed E-state index contributed by atoms with van der Waals surface area (Å²) in [5.41, 5.74) is -0.0670. The lowest BCUT2D eigenvalue weighted by atomic mass is 10.4. The molecule has 16 heavy (non-hydrogen) atoms. The van der Waals surface area contributed by atoms with Crippen molar-refractivity contribution < 1.29 is 22.1 Å². The molecule has 0 aliphatic rings. The third-order valence-electron chi connectivity index (χ3n) is 1.28. The Balaban J connectivity index is 4.70. The number of esters is 1. The lowest BCUT2D eigenvalue weighted by Crippen LogP contribution is -2.05. The van der Waals surface area contributed by atoms with Gasteiger partial charge < -0.3 is 8.92 Å². The second-order valence-electron chi connectivity index (χ2n) is 2.73. The van der Waals surface area contributed by atoms with Gasteiger partial charge in [0.2, 0.25) is 0 Å². The van der Waals surface area contributed by atoms with Crippen LogP contribution in [0, 0.1) is 0 Å². The van der Waals surface area contributed by atoms with Crippen LogP contribution in [0.4, 0.5) is 0 Å². The molecule has 5 nitrogen and oxygen atoms in total. The van der Waals surface area contributed by atoms with E-state index in [1.165, 1.54) is 25.3 Å². The van der Waals surface area contributed by atoms with Crippen LogP contribution in [0.1, 0.15) is 20.8 Å². The Morgan fingerprint density at radius 1 is 1.12 bits per heavy atom. The minimum Gasteiger partial charge on any atom is -0.431 e. The van der Waals surface area contributed by atoms with Gasteiger partial charge in [0.05, 0.1) is 11.7 Å². The van der Waals surface area contributed by atoms with Gasteiger partial charge in [-0.1, -0.05) is 12.2 Å². The van der Waals surface area contributed by atoms with Crippen LogP contribution in [0.25, 0.3) is 0 Å². The molecule has 0 fully saturated rings. The molecule has 0 spiro atoms. The van der Waals surface area contributed by atoms with Gasteiger partial charge in [0.25, 0.3) is 0 Å². The highest BCUT2D eigenvalue weighted by atomic mass is 32.2. The van der Waals surface area contributed by atoms with E-state index in [0.29, 0.717) is 5.41 Å². The van der Waals surface area contributed by atoms with Crippen molar-refractivity contribution in [1.29, 1.82) is 0 Å². The van der Waals surface area contributed by atoms with Crippen molar-refractivity contribution in [1.82, 2.24) is 0 Å². The largest absolute Gasteiger partial charge is 0.431 e. The molecular weight excluding hydrogens is 232 g/mol. The van der Waals surface area contributed by atoms with Crippen molar-refractivity contribution in [2.75, 3.05) is 0 Å². The molecule has 0 saturated heterocycles. The van der Waals surface area contributed by atoms with E-state index in [2.05, 4.69) is 8.92 Å². The summed E-state index contributed by atoms with van der Waals surface area (Å²) in [5, 5.41) is 0.707. The van der Waals surface area contributed by atoms with Crippen molar-refractivity contribution in [2.24, 2.45) is 0 Å². The topological polar surface area (TPSA) is 69.7 Å². The van der Waals surface area contributed by atoms with Gasteiger partial charge in [0, 0.05) is 5.57 Å². The van der Waals surface area contributed by atoms with Crippen molar-refractivity contribution >= 4 is 16.1 Å². The molecule has 0 radical (unpaired) electrons. The van der Waals surface area contributed by atoms with Crippen molar-refractivity contribution in [3.63, 3.8) is 0 Å². The van der Waals surface area contributed by atoms with E-state index >= 15 is 0 Å². The molecule has 0 aromatic heterocycles. The number of allylic oxidation sites excluding steroid dienone is 2. The van der Waals surface area contributed by atoms with E-state index in [9.17, 15) is 13.2 Å². The van der Waals surface area contributed by atoms with Crippen LogP contribution >= 0.6 is 0 Å². The summed E-state index contributed by atoms with van der Waals surface area (Å²) >= 11 is 0. The zero-order valence-corrected chi connectivity index (χ0v) is 10.2. The highest BCUT2D eigenvalue weighted by Gasteiger charge is 2.11. The van der Waals surface area contributed by atoms with Crippen LogP contribution in [-0.4, -0.2) is 14.4 Å². The number of hydrogen-bond acceptors (Lipinski definition) is 5. The maximum Gasteiger partial charge on any atom is 0.339 e. The summed E-state index contributed by atoms with van der Waals surface area (Å²) in [6.07, 6.45) is 5.10. The molecule has 0 aromatic carbocycles. The van der Waals surface area contributed by atoms with Gasteiger partial charge >= 0.3 is 16.1 Å². The SMILES string of the molecule is CC=COC(=O)C(C)=CS(=O)(=O)OC=CC. The standard InChI is InChI=1S/C10H14O5S/c1-4-6-14-10(11)9(3)8-16(12,13)15-7-5-2/h4-8H,1-3H3. The predicted octanol–water partition coefficient (Wildman–Crippen LogP) is 1.85. The van der Waals surface area contributed by atoms with Crippen LogP contribution < -0.4 is 0 Å². The second-order valence-corrected chi connectivity index (χ2v) is 4.15. The molecule has 0 bridgehead atoms. The first kappa shape index (κ1) is 14.4. The minimum absolute atomic E-state index is 0.0670. The fourth-order valence-corrected chi connectivity index (χ4v) is 1.50. The molecule has 0 N–H and O–H groups in total. The van der Waals surface area contributed by atoms with Gasteiger partial charge in [-0.2, -0.15) is 8.42 Å². The van der Waals surface area contributed by atoms with Gasteiger partial charge in [-0.15, -0.1) is 0 Å². The Morgan fingerprint density at radius 3 is 2.19 bits per heavy atom. The molecule has 0 atom stereocenters. The quantitative estimate of drug-likeness (QED) is 0.320. The maximum absolute atomic E-state index is 11.2. The second kappa shape index (κ2) is 6.84. The van der Waals surface area contributed by atoms with Crippen molar-refractivity contribution in [3.8, 4) is 0 Å². The third-order valence-corrected chi connectivity index (χ3v) is 2.30. The fraction of sp³-hybridized carbons (Fsp3) is 0.300. The molecule has 0 amide bonds. The molecule has 6 heteroatoms. The lowest BCUT2D eigenvalue weighted by molar-refractivity contribution is -0.133. The molecule has 0 unspecified atom stereocenters. The fourth-order valence-electron chi connectivity index (χ4n) is 0.648. The van der Waals surface area contributed by atoms with E-state index in [1.54, 1.807) is 13.8 Å². The number of carbonyl (C=O) groups excluding carboxylic acids is 1. The summed E-state index contributed by atoms with van der Waals surface area (Å²) in [5.74, 6) is -0.745. The monoisotopic (exact) mass is 246 g/mol. The molecular formula is C10H14O5S. The summed E-state index contributed by atoms with van der Waals surface area (Å²) in [6, 6.07) is 0. The molecule has 90 valence electrons. The van der Waals surface area contributed by atoms with Crippen molar-refractivity contribution in [3.05, 3.63) is 35.7 Å². The molecule has 0 aliphatic heterocycles. The van der Waals surface area contributed by atoms with Crippen LogP contribution in [0.3, 0.4) is 0 Å². The molecule has 0 aromatic rings. The van der Waals surface area contributed by atoms with E-state index in [0.717, 1.165) is 6.26 Å². The predicted molar refractivity (Wildman–Crippen MR) is 59.5 cm³/mol. The normalized spacial score (nSPS) is 13.3. The Bertz CT molecular complexity index is 414. The molecule has 0 aliphatic carbocycles. The first-order valence-corrected chi connectivity index (χ1v) is 5.95. The highest BCUT2D eigenvalue weighted by Crippen LogP contribution is 2.04. The Kier molecular flexibility index (Phi) is 6.17. The Hall–Kier alpha value is -1.56. The van der Waals surface area contributed by atoms with Gasteiger partial charge in [0.1, 0.15) is 6.26 Å². The van der Waals surface area contributed by atoms with Gasteiger partial charge in [-0.25, -0.2) is 4.79 Å². The van der Waals surface area contributed by atoms with E-state index in [1.807, 2.05) is 0 Å². The number of rotatable bonds is 5. The van der Waals surface area contributed by atoms with Gasteiger partial charge in [0.15, 0.2) is 0 Å². The van der Waals surface area contributed by atoms with Gasteiger partial charge in [-0.3, -0.25) is 0 Å². The van der Waals surface area contributed by atoms with Crippen molar-refractivity contribution in [2.45, 2.75) is 20.8 Å². The minimum atomic E-state index is -3.89. The van der Waals surface area contributed by atoms with E-state index in [-0.39, 0.29) is 5.57 Å². The van der Waals surface area contributed by atoms with E-state index < -0.39 is 16.1 Å². The van der Waals surface area contributed by atoms with E-state index in [4.69, 9.17) is 0 Å². The summed E-state index contributed by atoms with van der Waals surface area (Å²) in [7, 11) is -3.89.